The minimum absolute atomic E-state index is 0.532. The summed E-state index contributed by atoms with van der Waals surface area (Å²) in [5.74, 6) is 2.77. The maximum absolute atomic E-state index is 5.31. The Labute approximate surface area is 101 Å². The Hall–Kier alpha value is -0.870. The maximum Gasteiger partial charge on any atom is 0.161 e. The lowest BCUT2D eigenvalue weighted by atomic mass is 10.0. The molecule has 1 aliphatic rings. The highest BCUT2D eigenvalue weighted by Gasteiger charge is 2.32. The molecule has 2 unspecified atom stereocenters. The Morgan fingerprint density at radius 1 is 1.25 bits per heavy atom. The van der Waals surface area contributed by atoms with Crippen molar-refractivity contribution < 1.29 is 9.47 Å². The van der Waals surface area contributed by atoms with E-state index in [-0.39, 0.29) is 0 Å². The predicted molar refractivity (Wildman–Crippen MR) is 67.6 cm³/mol. The van der Waals surface area contributed by atoms with Crippen LogP contribution in [0, 0.1) is 0 Å². The molecule has 1 saturated heterocycles. The van der Waals surface area contributed by atoms with Gasteiger partial charge in [0.1, 0.15) is 0 Å². The minimum Gasteiger partial charge on any atom is -0.493 e. The van der Waals surface area contributed by atoms with Gasteiger partial charge in [-0.1, -0.05) is 6.07 Å². The van der Waals surface area contributed by atoms with Gasteiger partial charge in [0, 0.05) is 17.0 Å². The molecular formula is C12H17NO2S. The van der Waals surface area contributed by atoms with Gasteiger partial charge in [0.2, 0.25) is 0 Å². The highest BCUT2D eigenvalue weighted by molar-refractivity contribution is 8.01. The predicted octanol–water partition coefficient (Wildman–Crippen LogP) is 2.08. The molecule has 0 aromatic heterocycles. The fourth-order valence-corrected chi connectivity index (χ4v) is 3.10. The van der Waals surface area contributed by atoms with Crippen molar-refractivity contribution in [2.45, 2.75) is 11.3 Å². The molecule has 4 heteroatoms. The van der Waals surface area contributed by atoms with Crippen molar-refractivity contribution in [2.24, 2.45) is 0 Å². The summed E-state index contributed by atoms with van der Waals surface area (Å²) >= 11 is 1.96. The van der Waals surface area contributed by atoms with Gasteiger partial charge in [-0.25, -0.2) is 0 Å². The zero-order valence-corrected chi connectivity index (χ0v) is 10.6. The topological polar surface area (TPSA) is 30.5 Å². The van der Waals surface area contributed by atoms with Crippen molar-refractivity contribution in [2.75, 3.05) is 27.0 Å². The lowest BCUT2D eigenvalue weighted by Crippen LogP contribution is -2.40. The summed E-state index contributed by atoms with van der Waals surface area (Å²) in [5, 5.41) is 3.86. The van der Waals surface area contributed by atoms with Crippen LogP contribution < -0.4 is 14.8 Å². The van der Waals surface area contributed by atoms with Gasteiger partial charge >= 0.3 is 0 Å². The van der Waals surface area contributed by atoms with Crippen molar-refractivity contribution in [3.05, 3.63) is 23.8 Å². The van der Waals surface area contributed by atoms with Crippen LogP contribution >= 0.6 is 11.8 Å². The summed E-state index contributed by atoms with van der Waals surface area (Å²) in [6, 6.07) is 6.73. The highest BCUT2D eigenvalue weighted by atomic mass is 32.2. The molecule has 88 valence electrons. The van der Waals surface area contributed by atoms with Gasteiger partial charge in [0.25, 0.3) is 0 Å². The second-order valence-electron chi connectivity index (χ2n) is 3.76. The standard InChI is InChI=1S/C12H17NO2S/c1-13-9-7-16-12(9)8-4-5-10(14-2)11(6-8)15-3/h4-6,9,12-13H,7H2,1-3H3. The number of hydrogen-bond donors (Lipinski definition) is 1. The summed E-state index contributed by atoms with van der Waals surface area (Å²) in [6.07, 6.45) is 0. The SMILES string of the molecule is CNC1CSC1c1ccc(OC)c(OC)c1. The molecule has 1 aliphatic heterocycles. The summed E-state index contributed by atoms with van der Waals surface area (Å²) in [5.41, 5.74) is 1.30. The normalized spacial score (nSPS) is 23.7. The van der Waals surface area contributed by atoms with Crippen LogP contribution in [-0.4, -0.2) is 33.1 Å². The Bertz CT molecular complexity index is 368. The van der Waals surface area contributed by atoms with E-state index in [1.165, 1.54) is 11.3 Å². The Kier molecular flexibility index (Phi) is 3.61. The molecule has 0 amide bonds. The summed E-state index contributed by atoms with van der Waals surface area (Å²) in [4.78, 5) is 0. The molecule has 1 N–H and O–H groups in total. The first-order valence-electron chi connectivity index (χ1n) is 5.31. The lowest BCUT2D eigenvalue weighted by molar-refractivity contribution is 0.354. The van der Waals surface area contributed by atoms with Crippen LogP contribution in [0.3, 0.4) is 0 Å². The van der Waals surface area contributed by atoms with E-state index < -0.39 is 0 Å². The van der Waals surface area contributed by atoms with E-state index >= 15 is 0 Å². The number of nitrogens with one attached hydrogen (secondary N) is 1. The first-order chi connectivity index (χ1) is 7.80. The minimum atomic E-state index is 0.532. The zero-order chi connectivity index (χ0) is 11.5. The molecule has 1 aromatic rings. The average molecular weight is 239 g/mol. The fraction of sp³-hybridized carbons (Fsp3) is 0.500. The van der Waals surface area contributed by atoms with Gasteiger partial charge in [0.15, 0.2) is 11.5 Å². The van der Waals surface area contributed by atoms with Crippen LogP contribution in [0.4, 0.5) is 0 Å². The van der Waals surface area contributed by atoms with Gasteiger partial charge in [-0.05, 0) is 24.7 Å². The van der Waals surface area contributed by atoms with Gasteiger partial charge in [0.05, 0.1) is 14.2 Å². The number of hydrogen-bond acceptors (Lipinski definition) is 4. The fourth-order valence-electron chi connectivity index (χ4n) is 1.88. The second kappa shape index (κ2) is 4.97. The molecule has 1 fully saturated rings. The molecule has 1 heterocycles. The number of ether oxygens (including phenoxy) is 2. The monoisotopic (exact) mass is 239 g/mol. The van der Waals surface area contributed by atoms with Gasteiger partial charge < -0.3 is 14.8 Å². The van der Waals surface area contributed by atoms with Crippen molar-refractivity contribution in [1.82, 2.24) is 5.32 Å². The smallest absolute Gasteiger partial charge is 0.161 e. The van der Waals surface area contributed by atoms with E-state index in [9.17, 15) is 0 Å². The molecule has 16 heavy (non-hydrogen) atoms. The number of rotatable bonds is 4. The quantitative estimate of drug-likeness (QED) is 0.871. The van der Waals surface area contributed by atoms with Crippen molar-refractivity contribution >= 4 is 11.8 Å². The second-order valence-corrected chi connectivity index (χ2v) is 4.94. The molecule has 2 atom stereocenters. The molecule has 0 aliphatic carbocycles. The van der Waals surface area contributed by atoms with Crippen molar-refractivity contribution in [3.63, 3.8) is 0 Å². The van der Waals surface area contributed by atoms with Crippen LogP contribution in [-0.2, 0) is 0 Å². The van der Waals surface area contributed by atoms with Crippen LogP contribution in [0.2, 0.25) is 0 Å². The highest BCUT2D eigenvalue weighted by Crippen LogP contribution is 2.44. The van der Waals surface area contributed by atoms with E-state index in [0.29, 0.717) is 11.3 Å². The van der Waals surface area contributed by atoms with Gasteiger partial charge in [-0.15, -0.1) is 0 Å². The van der Waals surface area contributed by atoms with E-state index in [4.69, 9.17) is 9.47 Å². The average Bonchev–Trinajstić information content (AvgIpc) is 2.28. The molecule has 1 aromatic carbocycles. The van der Waals surface area contributed by atoms with E-state index in [1.54, 1.807) is 14.2 Å². The summed E-state index contributed by atoms with van der Waals surface area (Å²) in [6.45, 7) is 0. The number of benzene rings is 1. The number of methoxy groups -OCH3 is 2. The molecule has 3 nitrogen and oxygen atoms in total. The third kappa shape index (κ3) is 1.99. The van der Waals surface area contributed by atoms with E-state index in [2.05, 4.69) is 17.4 Å². The van der Waals surface area contributed by atoms with Crippen LogP contribution in [0.1, 0.15) is 10.8 Å². The van der Waals surface area contributed by atoms with E-state index in [0.717, 1.165) is 11.5 Å². The third-order valence-electron chi connectivity index (χ3n) is 2.93. The summed E-state index contributed by atoms with van der Waals surface area (Å²) in [7, 11) is 5.34. The molecule has 0 spiro atoms. The van der Waals surface area contributed by atoms with Crippen LogP contribution in [0.15, 0.2) is 18.2 Å². The van der Waals surface area contributed by atoms with Gasteiger partial charge in [-0.3, -0.25) is 0 Å². The Morgan fingerprint density at radius 2 is 2.00 bits per heavy atom. The molecule has 0 saturated carbocycles. The van der Waals surface area contributed by atoms with E-state index in [1.807, 2.05) is 24.9 Å². The molecule has 2 rings (SSSR count). The molecule has 0 bridgehead atoms. The Balaban J connectivity index is 2.22. The largest absolute Gasteiger partial charge is 0.493 e. The first-order valence-corrected chi connectivity index (χ1v) is 6.35. The number of likely N-dealkylation sites (N-methyl/N-ethyl adjacent to an activating group) is 1. The zero-order valence-electron chi connectivity index (χ0n) is 9.82. The maximum atomic E-state index is 5.31. The molecular weight excluding hydrogens is 222 g/mol. The van der Waals surface area contributed by atoms with Crippen LogP contribution in [0.5, 0.6) is 11.5 Å². The van der Waals surface area contributed by atoms with Crippen molar-refractivity contribution in [1.29, 1.82) is 0 Å². The lowest BCUT2D eigenvalue weighted by Gasteiger charge is -2.36. The molecule has 0 radical (unpaired) electrons. The Morgan fingerprint density at radius 3 is 2.50 bits per heavy atom. The number of thioether (sulfide) groups is 1. The third-order valence-corrected chi connectivity index (χ3v) is 4.44. The summed E-state index contributed by atoms with van der Waals surface area (Å²) < 4.78 is 10.5. The van der Waals surface area contributed by atoms with Gasteiger partial charge in [-0.2, -0.15) is 11.8 Å². The van der Waals surface area contributed by atoms with Crippen molar-refractivity contribution in [3.8, 4) is 11.5 Å². The first kappa shape index (κ1) is 11.6. The van der Waals surface area contributed by atoms with Crippen LogP contribution in [0.25, 0.3) is 0 Å².